The molecule has 1 aromatic heterocycles. The molecule has 23 heavy (non-hydrogen) atoms. The van der Waals surface area contributed by atoms with Gasteiger partial charge in [-0.05, 0) is 12.0 Å². The summed E-state index contributed by atoms with van der Waals surface area (Å²) in [6, 6.07) is 10.4. The first-order chi connectivity index (χ1) is 10.9. The Bertz CT molecular complexity index is 645. The molecular weight excluding hydrogens is 423 g/mol. The number of thiazole rings is 1. The van der Waals surface area contributed by atoms with E-state index in [0.717, 1.165) is 36.2 Å². The summed E-state index contributed by atoms with van der Waals surface area (Å²) in [6.07, 6.45) is 1.09. The molecule has 7 heteroatoms. The minimum absolute atomic E-state index is 0. The Labute approximate surface area is 157 Å². The molecule has 0 saturated heterocycles. The summed E-state index contributed by atoms with van der Waals surface area (Å²) < 4.78 is 5.22. The summed E-state index contributed by atoms with van der Waals surface area (Å²) in [5.74, 6) is 0.867. The number of rotatable bonds is 5. The third kappa shape index (κ3) is 4.89. The van der Waals surface area contributed by atoms with E-state index in [-0.39, 0.29) is 24.0 Å². The van der Waals surface area contributed by atoms with Crippen LogP contribution in [0.1, 0.15) is 17.1 Å². The number of aliphatic imine (C=N–C) groups is 1. The zero-order valence-electron chi connectivity index (χ0n) is 13.0. The molecule has 1 aliphatic heterocycles. The van der Waals surface area contributed by atoms with Gasteiger partial charge in [-0.25, -0.2) is 4.98 Å². The van der Waals surface area contributed by atoms with E-state index in [1.54, 1.807) is 18.4 Å². The maximum absolute atomic E-state index is 5.22. The Morgan fingerprint density at radius 1 is 1.30 bits per heavy atom. The van der Waals surface area contributed by atoms with Crippen molar-refractivity contribution in [1.82, 2.24) is 15.6 Å². The van der Waals surface area contributed by atoms with E-state index >= 15 is 0 Å². The van der Waals surface area contributed by atoms with Crippen LogP contribution in [0.15, 0.2) is 35.3 Å². The van der Waals surface area contributed by atoms with E-state index in [1.807, 2.05) is 6.07 Å². The third-order valence-electron chi connectivity index (χ3n) is 3.37. The molecule has 0 saturated carbocycles. The molecule has 1 aliphatic rings. The zero-order chi connectivity index (χ0) is 15.2. The fourth-order valence-corrected chi connectivity index (χ4v) is 3.40. The van der Waals surface area contributed by atoms with E-state index in [2.05, 4.69) is 39.9 Å². The second-order valence-electron chi connectivity index (χ2n) is 5.05. The van der Waals surface area contributed by atoms with Gasteiger partial charge >= 0.3 is 0 Å². The zero-order valence-corrected chi connectivity index (χ0v) is 16.2. The number of methoxy groups -OCH3 is 1. The molecule has 0 unspecified atom stereocenters. The molecule has 0 amide bonds. The van der Waals surface area contributed by atoms with Crippen molar-refractivity contribution in [3.63, 3.8) is 0 Å². The van der Waals surface area contributed by atoms with Crippen LogP contribution in [0, 0.1) is 0 Å². The van der Waals surface area contributed by atoms with Crippen molar-refractivity contribution >= 4 is 41.3 Å². The van der Waals surface area contributed by atoms with Gasteiger partial charge in [0, 0.05) is 20.2 Å². The highest BCUT2D eigenvalue weighted by molar-refractivity contribution is 14.0. The Balaban J connectivity index is 0.00000192. The number of halogens is 1. The van der Waals surface area contributed by atoms with Crippen LogP contribution in [0.5, 0.6) is 0 Å². The number of ether oxygens (including phenoxy) is 1. The van der Waals surface area contributed by atoms with Crippen LogP contribution in [-0.4, -0.2) is 31.1 Å². The number of aromatic nitrogens is 1. The quantitative estimate of drug-likeness (QED) is 0.697. The number of hydrogen-bond acceptors (Lipinski definition) is 6. The van der Waals surface area contributed by atoms with Crippen LogP contribution < -0.4 is 10.6 Å². The van der Waals surface area contributed by atoms with Gasteiger partial charge in [-0.15, -0.1) is 35.3 Å². The summed E-state index contributed by atoms with van der Waals surface area (Å²) in [5.41, 5.74) is 2.23. The van der Waals surface area contributed by atoms with Gasteiger partial charge < -0.3 is 15.4 Å². The molecule has 0 bridgehead atoms. The van der Waals surface area contributed by atoms with E-state index in [4.69, 9.17) is 9.72 Å². The minimum atomic E-state index is 0. The Morgan fingerprint density at radius 2 is 2.13 bits per heavy atom. The highest BCUT2D eigenvalue weighted by atomic mass is 127. The predicted octanol–water partition coefficient (Wildman–Crippen LogP) is 3.01. The minimum Gasteiger partial charge on any atom is -0.378 e. The van der Waals surface area contributed by atoms with Gasteiger partial charge in [0.05, 0.1) is 23.7 Å². The maximum atomic E-state index is 5.22. The van der Waals surface area contributed by atoms with Gasteiger partial charge in [-0.3, -0.25) is 4.99 Å². The van der Waals surface area contributed by atoms with E-state index in [9.17, 15) is 0 Å². The number of nitrogens with zero attached hydrogens (tertiary/aromatic N) is 2. The second-order valence-corrected chi connectivity index (χ2v) is 6.13. The smallest absolute Gasteiger partial charge is 0.191 e. The molecule has 2 aromatic rings. The maximum Gasteiger partial charge on any atom is 0.191 e. The fourth-order valence-electron chi connectivity index (χ4n) is 2.34. The molecule has 2 heterocycles. The standard InChI is InChI=1S/C16H20N4OS.HI/c1-21-11-14-20-13(10-19-16-17-8-5-9-18-16)15(22-14)12-6-3-2-4-7-12;/h2-4,6-7H,5,8-11H2,1H3,(H2,17,18,19);1H. The molecule has 5 nitrogen and oxygen atoms in total. The van der Waals surface area contributed by atoms with E-state index in [1.165, 1.54) is 10.4 Å². The van der Waals surface area contributed by atoms with Crippen molar-refractivity contribution in [3.05, 3.63) is 41.0 Å². The lowest BCUT2D eigenvalue weighted by Gasteiger charge is -2.15. The molecule has 1 aromatic carbocycles. The van der Waals surface area contributed by atoms with Crippen LogP contribution in [0.4, 0.5) is 0 Å². The normalized spacial score (nSPS) is 13.7. The molecule has 0 aliphatic carbocycles. The Morgan fingerprint density at radius 3 is 2.83 bits per heavy atom. The predicted molar refractivity (Wildman–Crippen MR) is 105 cm³/mol. The van der Waals surface area contributed by atoms with Gasteiger partial charge in [0.15, 0.2) is 5.96 Å². The SMILES string of the molecule is COCc1nc(CNC2=NCCCN2)c(-c2ccccc2)s1.I. The van der Waals surface area contributed by atoms with Gasteiger partial charge in [0.25, 0.3) is 0 Å². The molecular formula is C16H21IN4OS. The van der Waals surface area contributed by atoms with Crippen LogP contribution in [-0.2, 0) is 17.9 Å². The van der Waals surface area contributed by atoms with Crippen molar-refractivity contribution in [2.24, 2.45) is 4.99 Å². The van der Waals surface area contributed by atoms with E-state index < -0.39 is 0 Å². The molecule has 124 valence electrons. The van der Waals surface area contributed by atoms with Crippen molar-refractivity contribution in [3.8, 4) is 10.4 Å². The molecule has 0 fully saturated rings. The average molecular weight is 444 g/mol. The Kier molecular flexibility index (Phi) is 7.25. The molecule has 2 N–H and O–H groups in total. The summed E-state index contributed by atoms with van der Waals surface area (Å²) in [5, 5.41) is 7.61. The van der Waals surface area contributed by atoms with Crippen LogP contribution in [0.3, 0.4) is 0 Å². The Hall–Kier alpha value is -1.19. The fraction of sp³-hybridized carbons (Fsp3) is 0.375. The topological polar surface area (TPSA) is 58.5 Å². The summed E-state index contributed by atoms with van der Waals surface area (Å²) in [6.45, 7) is 3.07. The highest BCUT2D eigenvalue weighted by Crippen LogP contribution is 2.30. The lowest BCUT2D eigenvalue weighted by molar-refractivity contribution is 0.184. The van der Waals surface area contributed by atoms with Crippen molar-refractivity contribution in [2.75, 3.05) is 20.2 Å². The van der Waals surface area contributed by atoms with Crippen molar-refractivity contribution < 1.29 is 4.74 Å². The largest absolute Gasteiger partial charge is 0.378 e. The second kappa shape index (κ2) is 9.19. The highest BCUT2D eigenvalue weighted by Gasteiger charge is 2.14. The molecule has 3 rings (SSSR count). The van der Waals surface area contributed by atoms with Gasteiger partial charge in [0.2, 0.25) is 0 Å². The van der Waals surface area contributed by atoms with Gasteiger partial charge in [0.1, 0.15) is 5.01 Å². The van der Waals surface area contributed by atoms with Crippen LogP contribution >= 0.6 is 35.3 Å². The lowest BCUT2D eigenvalue weighted by Crippen LogP contribution is -2.40. The van der Waals surface area contributed by atoms with Gasteiger partial charge in [-0.1, -0.05) is 30.3 Å². The molecule has 0 atom stereocenters. The van der Waals surface area contributed by atoms with Crippen LogP contribution in [0.2, 0.25) is 0 Å². The summed E-state index contributed by atoms with van der Waals surface area (Å²) in [7, 11) is 1.70. The van der Waals surface area contributed by atoms with Crippen molar-refractivity contribution in [2.45, 2.75) is 19.6 Å². The number of nitrogens with one attached hydrogen (secondary N) is 2. The van der Waals surface area contributed by atoms with Crippen molar-refractivity contribution in [1.29, 1.82) is 0 Å². The monoisotopic (exact) mass is 444 g/mol. The van der Waals surface area contributed by atoms with Crippen LogP contribution in [0.25, 0.3) is 10.4 Å². The summed E-state index contributed by atoms with van der Waals surface area (Å²) in [4.78, 5) is 10.3. The summed E-state index contributed by atoms with van der Waals surface area (Å²) >= 11 is 1.69. The average Bonchev–Trinajstić information content (AvgIpc) is 2.98. The number of guanidine groups is 1. The third-order valence-corrected chi connectivity index (χ3v) is 4.49. The number of benzene rings is 1. The van der Waals surface area contributed by atoms with E-state index in [0.29, 0.717) is 13.2 Å². The van der Waals surface area contributed by atoms with Gasteiger partial charge in [-0.2, -0.15) is 0 Å². The lowest BCUT2D eigenvalue weighted by atomic mass is 10.1. The first kappa shape index (κ1) is 18.2. The first-order valence-electron chi connectivity index (χ1n) is 7.42. The molecule has 0 radical (unpaired) electrons. The first-order valence-corrected chi connectivity index (χ1v) is 8.23. The molecule has 0 spiro atoms. The number of hydrogen-bond donors (Lipinski definition) is 2.